The molecule has 0 saturated carbocycles. The minimum atomic E-state index is -0.529. The van der Waals surface area contributed by atoms with Crippen molar-refractivity contribution in [2.45, 2.75) is 25.4 Å². The van der Waals surface area contributed by atoms with Crippen molar-refractivity contribution in [3.63, 3.8) is 0 Å². The van der Waals surface area contributed by atoms with E-state index >= 15 is 0 Å². The molecule has 2 heterocycles. The number of aliphatic hydroxyl groups is 2. The molecule has 156 valence electrons. The lowest BCUT2D eigenvalue weighted by atomic mass is 9.93. The lowest BCUT2D eigenvalue weighted by Crippen LogP contribution is -2.47. The highest BCUT2D eigenvalue weighted by molar-refractivity contribution is 6.43. The van der Waals surface area contributed by atoms with Crippen molar-refractivity contribution < 1.29 is 24.5 Å². The summed E-state index contributed by atoms with van der Waals surface area (Å²) in [4.78, 5) is 14.9. The summed E-state index contributed by atoms with van der Waals surface area (Å²) in [6.07, 6.45) is 1.62. The summed E-state index contributed by atoms with van der Waals surface area (Å²) in [6, 6.07) is 1.49. The Morgan fingerprint density at radius 2 is 2.04 bits per heavy atom. The van der Waals surface area contributed by atoms with Gasteiger partial charge in [-0.25, -0.2) is 0 Å². The van der Waals surface area contributed by atoms with Gasteiger partial charge >= 0.3 is 0 Å². The first kappa shape index (κ1) is 21.5. The topological polar surface area (TPSA) is 91.3 Å². The normalized spacial score (nSPS) is 22.6. The van der Waals surface area contributed by atoms with Gasteiger partial charge in [0.05, 0.1) is 29.9 Å². The zero-order valence-corrected chi connectivity index (χ0v) is 17.1. The number of nitrogens with zero attached hydrogens (tertiary/aromatic N) is 1. The smallest absolute Gasteiger partial charge is 0.255 e. The molecule has 1 unspecified atom stereocenters. The van der Waals surface area contributed by atoms with E-state index in [-0.39, 0.29) is 34.0 Å². The first-order valence-electron chi connectivity index (χ1n) is 9.58. The standard InChI is InChI=1S/C19H26Cl2N2O5/c20-14-9-13(17-18(16(14)21)28-8-2-7-27-17)19(26)22-10-12-3-5-23(4-1-6-24)11-15(12)25/h9,12,15,24-25H,1-8,10-11H2,(H,22,26)/t12?,15-/m1/s1. The van der Waals surface area contributed by atoms with E-state index in [0.717, 1.165) is 19.5 Å². The van der Waals surface area contributed by atoms with Crippen molar-refractivity contribution in [2.75, 3.05) is 46.0 Å². The molecule has 0 bridgehead atoms. The summed E-state index contributed by atoms with van der Waals surface area (Å²) in [5, 5.41) is 22.7. The van der Waals surface area contributed by atoms with Crippen LogP contribution in [0.4, 0.5) is 0 Å². The molecule has 2 atom stereocenters. The van der Waals surface area contributed by atoms with E-state index in [0.29, 0.717) is 50.6 Å². The molecule has 1 fully saturated rings. The maximum absolute atomic E-state index is 12.8. The third kappa shape index (κ3) is 5.02. The van der Waals surface area contributed by atoms with Gasteiger partial charge in [0.1, 0.15) is 5.02 Å². The quantitative estimate of drug-likeness (QED) is 0.636. The van der Waals surface area contributed by atoms with Gasteiger partial charge in [0.25, 0.3) is 5.91 Å². The van der Waals surface area contributed by atoms with Crippen molar-refractivity contribution in [3.8, 4) is 11.5 Å². The third-order valence-electron chi connectivity index (χ3n) is 5.12. The Morgan fingerprint density at radius 3 is 2.75 bits per heavy atom. The summed E-state index contributed by atoms with van der Waals surface area (Å²) < 4.78 is 11.3. The molecular formula is C19H26Cl2N2O5. The van der Waals surface area contributed by atoms with Gasteiger partial charge in [0, 0.05) is 38.6 Å². The molecule has 1 amide bonds. The van der Waals surface area contributed by atoms with Crippen LogP contribution in [-0.2, 0) is 0 Å². The van der Waals surface area contributed by atoms with Gasteiger partial charge in [-0.15, -0.1) is 0 Å². The van der Waals surface area contributed by atoms with E-state index in [4.69, 9.17) is 37.8 Å². The van der Waals surface area contributed by atoms with Crippen LogP contribution in [0.1, 0.15) is 29.6 Å². The van der Waals surface area contributed by atoms with Crippen molar-refractivity contribution in [1.82, 2.24) is 10.2 Å². The molecule has 0 aliphatic carbocycles. The molecule has 1 aromatic rings. The molecule has 0 aromatic heterocycles. The zero-order valence-electron chi connectivity index (χ0n) is 15.6. The van der Waals surface area contributed by atoms with Gasteiger partial charge in [0.15, 0.2) is 11.5 Å². The Kier molecular flexibility index (Phi) is 7.65. The van der Waals surface area contributed by atoms with E-state index < -0.39 is 6.10 Å². The summed E-state index contributed by atoms with van der Waals surface area (Å²) in [7, 11) is 0. The van der Waals surface area contributed by atoms with Gasteiger partial charge in [-0.2, -0.15) is 0 Å². The molecule has 2 aliphatic rings. The number of nitrogens with one attached hydrogen (secondary N) is 1. The summed E-state index contributed by atoms with van der Waals surface area (Å²) in [6.45, 7) is 3.50. The fraction of sp³-hybridized carbons (Fsp3) is 0.632. The summed E-state index contributed by atoms with van der Waals surface area (Å²) >= 11 is 12.4. The molecule has 2 aliphatic heterocycles. The number of hydrogen-bond donors (Lipinski definition) is 3. The van der Waals surface area contributed by atoms with Crippen LogP contribution in [0, 0.1) is 5.92 Å². The minimum Gasteiger partial charge on any atom is -0.489 e. The number of amides is 1. The molecule has 0 radical (unpaired) electrons. The Bertz CT molecular complexity index is 703. The van der Waals surface area contributed by atoms with Crippen LogP contribution in [0.25, 0.3) is 0 Å². The predicted molar refractivity (Wildman–Crippen MR) is 107 cm³/mol. The highest BCUT2D eigenvalue weighted by Gasteiger charge is 2.29. The van der Waals surface area contributed by atoms with Gasteiger partial charge in [-0.05, 0) is 25.5 Å². The average molecular weight is 433 g/mol. The second-order valence-electron chi connectivity index (χ2n) is 7.13. The lowest BCUT2D eigenvalue weighted by molar-refractivity contribution is 0.0201. The molecule has 1 saturated heterocycles. The van der Waals surface area contributed by atoms with Crippen LogP contribution in [0.2, 0.25) is 10.0 Å². The number of carbonyl (C=O) groups excluding carboxylic acids is 1. The number of β-amino-alcohol motifs (C(OH)–C–C–N with tert-alkyl or cyclic N) is 1. The number of aliphatic hydroxyl groups excluding tert-OH is 2. The Labute approximate surface area is 174 Å². The highest BCUT2D eigenvalue weighted by atomic mass is 35.5. The number of benzene rings is 1. The summed E-state index contributed by atoms with van der Waals surface area (Å²) in [5.74, 6) is 0.237. The number of carbonyl (C=O) groups is 1. The number of ether oxygens (including phenoxy) is 2. The SMILES string of the molecule is O=C(NCC1CCN(CCCO)C[C@H]1O)c1cc(Cl)c(Cl)c2c1OCCCO2. The zero-order chi connectivity index (χ0) is 20.1. The molecular weight excluding hydrogens is 407 g/mol. The van der Waals surface area contributed by atoms with Crippen molar-refractivity contribution in [2.24, 2.45) is 5.92 Å². The molecule has 1 aromatic carbocycles. The van der Waals surface area contributed by atoms with Crippen molar-refractivity contribution >= 4 is 29.1 Å². The number of piperidine rings is 1. The van der Waals surface area contributed by atoms with Crippen LogP contribution < -0.4 is 14.8 Å². The molecule has 0 spiro atoms. The number of halogens is 2. The molecule has 28 heavy (non-hydrogen) atoms. The average Bonchev–Trinajstić information content (AvgIpc) is 2.94. The minimum absolute atomic E-state index is 0.0344. The fourth-order valence-corrected chi connectivity index (χ4v) is 3.92. The first-order chi connectivity index (χ1) is 13.5. The maximum atomic E-state index is 12.8. The van der Waals surface area contributed by atoms with Crippen molar-refractivity contribution in [1.29, 1.82) is 0 Å². The first-order valence-corrected chi connectivity index (χ1v) is 10.3. The monoisotopic (exact) mass is 432 g/mol. The van der Waals surface area contributed by atoms with Gasteiger partial charge in [0.2, 0.25) is 0 Å². The van der Waals surface area contributed by atoms with Gasteiger partial charge < -0.3 is 29.9 Å². The molecule has 3 N–H and O–H groups in total. The molecule has 3 rings (SSSR count). The second-order valence-corrected chi connectivity index (χ2v) is 7.92. The number of fused-ring (bicyclic) bond motifs is 1. The van der Waals surface area contributed by atoms with E-state index in [1.807, 2.05) is 0 Å². The molecule has 9 heteroatoms. The van der Waals surface area contributed by atoms with Gasteiger partial charge in [-0.1, -0.05) is 23.2 Å². The van der Waals surface area contributed by atoms with E-state index in [9.17, 15) is 9.90 Å². The Morgan fingerprint density at radius 1 is 1.29 bits per heavy atom. The Balaban J connectivity index is 1.63. The predicted octanol–water partition coefficient (Wildman–Crippen LogP) is 1.95. The van der Waals surface area contributed by atoms with E-state index in [1.165, 1.54) is 6.07 Å². The van der Waals surface area contributed by atoms with Crippen LogP contribution in [0.15, 0.2) is 6.07 Å². The van der Waals surface area contributed by atoms with Gasteiger partial charge in [-0.3, -0.25) is 4.79 Å². The van der Waals surface area contributed by atoms with Crippen LogP contribution in [0.5, 0.6) is 11.5 Å². The summed E-state index contributed by atoms with van der Waals surface area (Å²) in [5.41, 5.74) is 0.279. The lowest BCUT2D eigenvalue weighted by Gasteiger charge is -2.36. The van der Waals surface area contributed by atoms with Crippen LogP contribution >= 0.6 is 23.2 Å². The van der Waals surface area contributed by atoms with E-state index in [2.05, 4.69) is 10.2 Å². The third-order valence-corrected chi connectivity index (χ3v) is 5.89. The number of likely N-dealkylation sites (tertiary alicyclic amines) is 1. The van der Waals surface area contributed by atoms with Crippen LogP contribution in [-0.4, -0.2) is 73.1 Å². The second kappa shape index (κ2) is 9.98. The fourth-order valence-electron chi connectivity index (χ4n) is 3.53. The number of rotatable bonds is 6. The number of hydrogen-bond acceptors (Lipinski definition) is 6. The van der Waals surface area contributed by atoms with Crippen LogP contribution in [0.3, 0.4) is 0 Å². The van der Waals surface area contributed by atoms with Crippen molar-refractivity contribution in [3.05, 3.63) is 21.7 Å². The van der Waals surface area contributed by atoms with E-state index in [1.54, 1.807) is 0 Å². The highest BCUT2D eigenvalue weighted by Crippen LogP contribution is 2.44. The largest absolute Gasteiger partial charge is 0.489 e. The maximum Gasteiger partial charge on any atom is 0.255 e. The molecule has 7 nitrogen and oxygen atoms in total. The Hall–Kier alpha value is -1.25.